The Kier molecular flexibility index (Phi) is 7.42. The molecule has 1 aliphatic heterocycles. The van der Waals surface area contributed by atoms with Gasteiger partial charge in [0.25, 0.3) is 5.91 Å². The summed E-state index contributed by atoms with van der Waals surface area (Å²) in [5, 5.41) is 2.60. The fraction of sp³-hybridized carbons (Fsp3) is 0.200. The predicted octanol–water partition coefficient (Wildman–Crippen LogP) is 3.13. The summed E-state index contributed by atoms with van der Waals surface area (Å²) in [5.74, 6) is -1.64. The molecule has 182 valence electrons. The van der Waals surface area contributed by atoms with Crippen molar-refractivity contribution in [3.8, 4) is 0 Å². The van der Waals surface area contributed by atoms with E-state index in [-0.39, 0.29) is 29.4 Å². The summed E-state index contributed by atoms with van der Waals surface area (Å²) in [4.78, 5) is 26.4. The van der Waals surface area contributed by atoms with Crippen LogP contribution >= 0.6 is 0 Å². The zero-order chi connectivity index (χ0) is 24.8. The van der Waals surface area contributed by atoms with Gasteiger partial charge in [-0.25, -0.2) is 17.6 Å². The molecule has 0 radical (unpaired) electrons. The van der Waals surface area contributed by atoms with Crippen molar-refractivity contribution in [1.82, 2.24) is 4.31 Å². The molecule has 0 bridgehead atoms. The lowest BCUT2D eigenvalue weighted by atomic mass is 10.2. The maximum Gasteiger partial charge on any atom is 0.338 e. The van der Waals surface area contributed by atoms with Crippen LogP contribution in [0.2, 0.25) is 0 Å². The second kappa shape index (κ2) is 10.7. The zero-order valence-corrected chi connectivity index (χ0v) is 19.6. The number of ether oxygens (including phenoxy) is 1. The van der Waals surface area contributed by atoms with E-state index in [0.29, 0.717) is 18.8 Å². The maximum atomic E-state index is 13.2. The number of anilines is 2. The number of para-hydroxylation sites is 1. The summed E-state index contributed by atoms with van der Waals surface area (Å²) in [7, 11) is -3.84. The second-order valence-electron chi connectivity index (χ2n) is 7.89. The number of hydrogen-bond acceptors (Lipinski definition) is 6. The third-order valence-electron chi connectivity index (χ3n) is 5.53. The van der Waals surface area contributed by atoms with Gasteiger partial charge in [-0.2, -0.15) is 4.31 Å². The smallest absolute Gasteiger partial charge is 0.338 e. The molecule has 3 aromatic rings. The number of sulfonamides is 1. The summed E-state index contributed by atoms with van der Waals surface area (Å²) in [6.45, 7) is 0.879. The van der Waals surface area contributed by atoms with Crippen LogP contribution in [0.3, 0.4) is 0 Å². The van der Waals surface area contributed by atoms with Gasteiger partial charge in [-0.05, 0) is 54.6 Å². The van der Waals surface area contributed by atoms with Gasteiger partial charge in [-0.1, -0.05) is 24.3 Å². The molecule has 0 unspecified atom stereocenters. The number of amides is 1. The molecule has 1 fully saturated rings. The first kappa shape index (κ1) is 24.4. The molecule has 0 atom stereocenters. The molecule has 1 amide bonds. The van der Waals surface area contributed by atoms with E-state index in [1.165, 1.54) is 40.7 Å². The first-order chi connectivity index (χ1) is 16.8. The highest BCUT2D eigenvalue weighted by Gasteiger charge is 2.29. The molecule has 35 heavy (non-hydrogen) atoms. The van der Waals surface area contributed by atoms with Crippen LogP contribution in [-0.2, 0) is 19.6 Å². The fourth-order valence-electron chi connectivity index (χ4n) is 3.70. The average Bonchev–Trinajstić information content (AvgIpc) is 2.88. The van der Waals surface area contributed by atoms with E-state index in [1.807, 2.05) is 11.0 Å². The van der Waals surface area contributed by atoms with E-state index in [9.17, 15) is 22.4 Å². The molecule has 3 aromatic carbocycles. The van der Waals surface area contributed by atoms with Crippen LogP contribution in [-0.4, -0.2) is 57.4 Å². The molecular weight excluding hydrogens is 473 g/mol. The quantitative estimate of drug-likeness (QED) is 0.504. The third-order valence-corrected chi connectivity index (χ3v) is 7.42. The number of hydrogen-bond donors (Lipinski definition) is 1. The first-order valence-corrected chi connectivity index (χ1v) is 12.4. The van der Waals surface area contributed by atoms with Gasteiger partial charge in [-0.3, -0.25) is 4.79 Å². The summed E-state index contributed by atoms with van der Waals surface area (Å²) in [6, 6.07) is 20.4. The number of piperazine rings is 1. The highest BCUT2D eigenvalue weighted by atomic mass is 32.2. The van der Waals surface area contributed by atoms with E-state index >= 15 is 0 Å². The minimum absolute atomic E-state index is 0.0311. The molecule has 0 aromatic heterocycles. The number of carbonyl (C=O) groups excluding carboxylic acids is 2. The van der Waals surface area contributed by atoms with E-state index in [0.717, 1.165) is 5.69 Å². The second-order valence-corrected chi connectivity index (χ2v) is 9.82. The molecule has 8 nitrogen and oxygen atoms in total. The lowest BCUT2D eigenvalue weighted by molar-refractivity contribution is -0.119. The topological polar surface area (TPSA) is 96.0 Å². The van der Waals surface area contributed by atoms with Gasteiger partial charge in [0, 0.05) is 37.6 Å². The van der Waals surface area contributed by atoms with E-state index in [4.69, 9.17) is 4.74 Å². The van der Waals surface area contributed by atoms with Crippen LogP contribution < -0.4 is 10.2 Å². The minimum Gasteiger partial charge on any atom is -0.452 e. The highest BCUT2D eigenvalue weighted by Crippen LogP contribution is 2.22. The Morgan fingerprint density at radius 2 is 1.57 bits per heavy atom. The number of halogens is 1. The SMILES string of the molecule is O=C(COC(=O)c1cccc(S(=O)(=O)N2CCN(c3ccc(F)cc3)CC2)c1)Nc1ccccc1. The maximum absolute atomic E-state index is 13.2. The Labute approximate surface area is 203 Å². The Morgan fingerprint density at radius 1 is 0.886 bits per heavy atom. The molecule has 1 heterocycles. The molecule has 1 N–H and O–H groups in total. The Hall–Kier alpha value is -3.76. The number of esters is 1. The fourth-order valence-corrected chi connectivity index (χ4v) is 5.17. The van der Waals surface area contributed by atoms with E-state index < -0.39 is 28.5 Å². The van der Waals surface area contributed by atoms with Crippen molar-refractivity contribution in [1.29, 1.82) is 0 Å². The lowest BCUT2D eigenvalue weighted by Gasteiger charge is -2.35. The number of rotatable bonds is 7. The van der Waals surface area contributed by atoms with E-state index in [1.54, 1.807) is 36.4 Å². The number of nitrogens with one attached hydrogen (secondary N) is 1. The van der Waals surface area contributed by atoms with Gasteiger partial charge in [0.15, 0.2) is 6.61 Å². The number of nitrogens with zero attached hydrogens (tertiary/aromatic N) is 2. The van der Waals surface area contributed by atoms with Crippen molar-refractivity contribution in [3.05, 3.63) is 90.2 Å². The summed E-state index contributed by atoms with van der Waals surface area (Å²) < 4.78 is 45.9. The van der Waals surface area contributed by atoms with Gasteiger partial charge >= 0.3 is 5.97 Å². The van der Waals surface area contributed by atoms with Crippen LogP contribution in [0.1, 0.15) is 10.4 Å². The zero-order valence-electron chi connectivity index (χ0n) is 18.8. The normalized spacial score (nSPS) is 14.4. The Morgan fingerprint density at radius 3 is 2.26 bits per heavy atom. The summed E-state index contributed by atoms with van der Waals surface area (Å²) in [6.07, 6.45) is 0. The van der Waals surface area contributed by atoms with Crippen molar-refractivity contribution in [2.45, 2.75) is 4.90 Å². The van der Waals surface area contributed by atoms with Crippen LogP contribution in [0.5, 0.6) is 0 Å². The summed E-state index contributed by atoms with van der Waals surface area (Å²) in [5.41, 5.74) is 1.43. The standard InChI is InChI=1S/C25H24FN3O5S/c26-20-9-11-22(12-10-20)28-13-15-29(16-14-28)35(32,33)23-8-4-5-19(17-23)25(31)34-18-24(30)27-21-6-2-1-3-7-21/h1-12,17H,13-16,18H2,(H,27,30). The van der Waals surface area contributed by atoms with Gasteiger partial charge in [-0.15, -0.1) is 0 Å². The van der Waals surface area contributed by atoms with Gasteiger partial charge in [0.2, 0.25) is 10.0 Å². The molecule has 0 aliphatic carbocycles. The lowest BCUT2D eigenvalue weighted by Crippen LogP contribution is -2.48. The van der Waals surface area contributed by atoms with Crippen LogP contribution in [0.25, 0.3) is 0 Å². The van der Waals surface area contributed by atoms with E-state index in [2.05, 4.69) is 5.32 Å². The molecular formula is C25H24FN3O5S. The monoisotopic (exact) mass is 497 g/mol. The molecule has 0 saturated carbocycles. The van der Waals surface area contributed by atoms with Gasteiger partial charge in [0.1, 0.15) is 5.82 Å². The first-order valence-electron chi connectivity index (χ1n) is 11.0. The van der Waals surface area contributed by atoms with Crippen molar-refractivity contribution < 1.29 is 27.1 Å². The van der Waals surface area contributed by atoms with Crippen LogP contribution in [0.4, 0.5) is 15.8 Å². The predicted molar refractivity (Wildman–Crippen MR) is 129 cm³/mol. The van der Waals surface area contributed by atoms with Crippen molar-refractivity contribution >= 4 is 33.3 Å². The summed E-state index contributed by atoms with van der Waals surface area (Å²) >= 11 is 0. The number of benzene rings is 3. The molecule has 1 saturated heterocycles. The largest absolute Gasteiger partial charge is 0.452 e. The Bertz CT molecular complexity index is 1290. The Balaban J connectivity index is 1.36. The van der Waals surface area contributed by atoms with Crippen molar-refractivity contribution in [2.24, 2.45) is 0 Å². The van der Waals surface area contributed by atoms with Crippen molar-refractivity contribution in [2.75, 3.05) is 43.0 Å². The third kappa shape index (κ3) is 6.03. The number of carbonyl (C=O) groups is 2. The van der Waals surface area contributed by atoms with Gasteiger partial charge < -0.3 is 15.0 Å². The molecule has 4 rings (SSSR count). The highest BCUT2D eigenvalue weighted by molar-refractivity contribution is 7.89. The molecule has 1 aliphatic rings. The average molecular weight is 498 g/mol. The minimum atomic E-state index is -3.84. The molecule has 0 spiro atoms. The van der Waals surface area contributed by atoms with Crippen LogP contribution in [0, 0.1) is 5.82 Å². The molecule has 10 heteroatoms. The van der Waals surface area contributed by atoms with Gasteiger partial charge in [0.05, 0.1) is 10.5 Å². The van der Waals surface area contributed by atoms with Crippen molar-refractivity contribution in [3.63, 3.8) is 0 Å². The van der Waals surface area contributed by atoms with Crippen LogP contribution in [0.15, 0.2) is 83.8 Å².